The van der Waals surface area contributed by atoms with Gasteiger partial charge in [0.1, 0.15) is 11.5 Å². The second kappa shape index (κ2) is 8.03. The van der Waals surface area contributed by atoms with Crippen molar-refractivity contribution in [3.63, 3.8) is 0 Å². The summed E-state index contributed by atoms with van der Waals surface area (Å²) < 4.78 is 12.9. The highest BCUT2D eigenvalue weighted by molar-refractivity contribution is 5.92. The van der Waals surface area contributed by atoms with Crippen LogP contribution >= 0.6 is 0 Å². The van der Waals surface area contributed by atoms with Gasteiger partial charge < -0.3 is 10.2 Å². The minimum absolute atomic E-state index is 0.150. The molecule has 0 unspecified atom stereocenters. The number of amides is 2. The molecule has 0 saturated heterocycles. The fourth-order valence-corrected chi connectivity index (χ4v) is 2.60. The number of halogens is 1. The van der Waals surface area contributed by atoms with Crippen molar-refractivity contribution in [2.75, 3.05) is 6.54 Å². The van der Waals surface area contributed by atoms with Gasteiger partial charge in [0.05, 0.1) is 11.9 Å². The van der Waals surface area contributed by atoms with Crippen molar-refractivity contribution in [3.8, 4) is 0 Å². The van der Waals surface area contributed by atoms with Gasteiger partial charge in [0.15, 0.2) is 0 Å². The van der Waals surface area contributed by atoms with Crippen LogP contribution in [-0.2, 0) is 11.3 Å². The second-order valence-corrected chi connectivity index (χ2v) is 6.43. The maximum absolute atomic E-state index is 12.9. The molecule has 1 aliphatic rings. The van der Waals surface area contributed by atoms with Gasteiger partial charge in [-0.1, -0.05) is 12.1 Å². The normalized spacial score (nSPS) is 13.3. The van der Waals surface area contributed by atoms with Crippen molar-refractivity contribution in [2.45, 2.75) is 38.8 Å². The molecule has 0 atom stereocenters. The van der Waals surface area contributed by atoms with Crippen LogP contribution in [0.3, 0.4) is 0 Å². The molecule has 1 aliphatic carbocycles. The number of nitrogens with zero attached hydrogens (tertiary/aromatic N) is 3. The Kier molecular flexibility index (Phi) is 5.55. The van der Waals surface area contributed by atoms with Crippen LogP contribution in [0.1, 0.15) is 41.0 Å². The van der Waals surface area contributed by atoms with Crippen LogP contribution in [-0.4, -0.2) is 39.3 Å². The van der Waals surface area contributed by atoms with E-state index in [2.05, 4.69) is 15.3 Å². The Hall–Kier alpha value is -2.83. The monoisotopic (exact) mass is 356 g/mol. The summed E-state index contributed by atoms with van der Waals surface area (Å²) in [6, 6.07) is 6.16. The first-order chi connectivity index (χ1) is 12.5. The molecule has 7 heteroatoms. The summed E-state index contributed by atoms with van der Waals surface area (Å²) in [5, 5.41) is 2.79. The molecule has 26 heavy (non-hydrogen) atoms. The molecule has 6 nitrogen and oxygen atoms in total. The van der Waals surface area contributed by atoms with Gasteiger partial charge in [-0.25, -0.2) is 9.37 Å². The Balaban J connectivity index is 1.52. The van der Waals surface area contributed by atoms with Gasteiger partial charge in [0, 0.05) is 31.7 Å². The Labute approximate surface area is 151 Å². The predicted octanol–water partition coefficient (Wildman–Crippen LogP) is 2.24. The summed E-state index contributed by atoms with van der Waals surface area (Å²) >= 11 is 0. The third-order valence-corrected chi connectivity index (χ3v) is 4.23. The summed E-state index contributed by atoms with van der Waals surface area (Å²) in [7, 11) is 0. The average molecular weight is 356 g/mol. The van der Waals surface area contributed by atoms with Crippen LogP contribution in [0, 0.1) is 12.7 Å². The minimum Gasteiger partial charge on any atom is -0.352 e. The first-order valence-corrected chi connectivity index (χ1v) is 8.63. The first-order valence-electron chi connectivity index (χ1n) is 8.63. The number of carbonyl (C=O) groups excluding carboxylic acids is 2. The SMILES string of the molecule is Cc1cnc(C(=O)N(CCC(=O)NCc2ccc(F)cc2)C2CC2)cn1. The Bertz CT molecular complexity index is 773. The van der Waals surface area contributed by atoms with Gasteiger partial charge in [-0.05, 0) is 37.5 Å². The number of nitrogens with one attached hydrogen (secondary N) is 1. The van der Waals surface area contributed by atoms with Crippen molar-refractivity contribution in [3.05, 3.63) is 59.4 Å². The maximum Gasteiger partial charge on any atom is 0.274 e. The van der Waals surface area contributed by atoms with Gasteiger partial charge in [0.2, 0.25) is 5.91 Å². The van der Waals surface area contributed by atoms with Crippen LogP contribution in [0.4, 0.5) is 4.39 Å². The molecule has 0 radical (unpaired) electrons. The molecule has 1 aromatic heterocycles. The van der Waals surface area contributed by atoms with E-state index in [1.54, 1.807) is 23.2 Å². The van der Waals surface area contributed by atoms with Crippen molar-refractivity contribution < 1.29 is 14.0 Å². The number of aryl methyl sites for hydroxylation is 1. The quantitative estimate of drug-likeness (QED) is 0.826. The molecule has 2 aromatic rings. The standard InChI is InChI=1S/C19H21FN4O2/c1-13-10-22-17(12-21-13)19(26)24(16-6-7-16)9-8-18(25)23-11-14-2-4-15(20)5-3-14/h2-5,10,12,16H,6-9,11H2,1H3,(H,23,25). The molecular weight excluding hydrogens is 335 g/mol. The number of aromatic nitrogens is 2. The highest BCUT2D eigenvalue weighted by atomic mass is 19.1. The summed E-state index contributed by atoms with van der Waals surface area (Å²) in [5.74, 6) is -0.646. The predicted molar refractivity (Wildman–Crippen MR) is 93.7 cm³/mol. The Morgan fingerprint density at radius 1 is 1.19 bits per heavy atom. The smallest absolute Gasteiger partial charge is 0.274 e. The van der Waals surface area contributed by atoms with Crippen molar-refractivity contribution >= 4 is 11.8 Å². The fraction of sp³-hybridized carbons (Fsp3) is 0.368. The summed E-state index contributed by atoms with van der Waals surface area (Å²) in [6.07, 6.45) is 5.14. The highest BCUT2D eigenvalue weighted by Gasteiger charge is 2.33. The van der Waals surface area contributed by atoms with Gasteiger partial charge in [0.25, 0.3) is 5.91 Å². The van der Waals surface area contributed by atoms with Gasteiger partial charge >= 0.3 is 0 Å². The lowest BCUT2D eigenvalue weighted by Gasteiger charge is -2.21. The van der Waals surface area contributed by atoms with E-state index in [0.29, 0.717) is 18.8 Å². The zero-order valence-electron chi connectivity index (χ0n) is 14.6. The number of hydrogen-bond donors (Lipinski definition) is 1. The van der Waals surface area contributed by atoms with Crippen LogP contribution in [0.25, 0.3) is 0 Å². The molecule has 1 aromatic carbocycles. The molecule has 1 N–H and O–H groups in total. The minimum atomic E-state index is -0.308. The average Bonchev–Trinajstić information content (AvgIpc) is 3.47. The van der Waals surface area contributed by atoms with E-state index < -0.39 is 0 Å². The van der Waals surface area contributed by atoms with Crippen LogP contribution in [0.5, 0.6) is 0 Å². The molecule has 0 aliphatic heterocycles. The van der Waals surface area contributed by atoms with Gasteiger partial charge in [-0.3, -0.25) is 14.6 Å². The number of benzene rings is 1. The Morgan fingerprint density at radius 2 is 1.92 bits per heavy atom. The molecule has 1 fully saturated rings. The summed E-state index contributed by atoms with van der Waals surface area (Å²) in [5.41, 5.74) is 1.87. The third-order valence-electron chi connectivity index (χ3n) is 4.23. The first kappa shape index (κ1) is 18.0. The maximum atomic E-state index is 12.9. The molecule has 1 saturated carbocycles. The zero-order valence-corrected chi connectivity index (χ0v) is 14.6. The summed E-state index contributed by atoms with van der Waals surface area (Å²) in [4.78, 5) is 34.7. The number of hydrogen-bond acceptors (Lipinski definition) is 4. The van der Waals surface area contributed by atoms with E-state index in [1.165, 1.54) is 18.3 Å². The fourth-order valence-electron chi connectivity index (χ4n) is 2.60. The van der Waals surface area contributed by atoms with E-state index >= 15 is 0 Å². The van der Waals surface area contributed by atoms with E-state index in [1.807, 2.05) is 6.92 Å². The molecule has 2 amide bonds. The third kappa shape index (κ3) is 4.84. The van der Waals surface area contributed by atoms with Crippen molar-refractivity contribution in [1.29, 1.82) is 0 Å². The zero-order chi connectivity index (χ0) is 18.5. The Morgan fingerprint density at radius 3 is 2.54 bits per heavy atom. The number of rotatable bonds is 7. The van der Waals surface area contributed by atoms with E-state index in [0.717, 1.165) is 24.1 Å². The molecule has 0 spiro atoms. The summed E-state index contributed by atoms with van der Waals surface area (Å²) in [6.45, 7) is 2.49. The molecule has 0 bridgehead atoms. The van der Waals surface area contributed by atoms with Gasteiger partial charge in [-0.15, -0.1) is 0 Å². The number of carbonyl (C=O) groups is 2. The van der Waals surface area contributed by atoms with Crippen molar-refractivity contribution in [1.82, 2.24) is 20.2 Å². The lowest BCUT2D eigenvalue weighted by molar-refractivity contribution is -0.121. The highest BCUT2D eigenvalue weighted by Crippen LogP contribution is 2.28. The van der Waals surface area contributed by atoms with E-state index in [9.17, 15) is 14.0 Å². The van der Waals surface area contributed by atoms with Crippen molar-refractivity contribution in [2.24, 2.45) is 0 Å². The molecular formula is C19H21FN4O2. The largest absolute Gasteiger partial charge is 0.352 e. The topological polar surface area (TPSA) is 75.2 Å². The van der Waals surface area contributed by atoms with Gasteiger partial charge in [-0.2, -0.15) is 0 Å². The van der Waals surface area contributed by atoms with Crippen LogP contribution in [0.2, 0.25) is 0 Å². The van der Waals surface area contributed by atoms with E-state index in [-0.39, 0.29) is 30.1 Å². The lowest BCUT2D eigenvalue weighted by atomic mass is 10.2. The molecule has 3 rings (SSSR count). The lowest BCUT2D eigenvalue weighted by Crippen LogP contribution is -2.37. The van der Waals surface area contributed by atoms with E-state index in [4.69, 9.17) is 0 Å². The van der Waals surface area contributed by atoms with Crippen LogP contribution in [0.15, 0.2) is 36.7 Å². The molecule has 136 valence electrons. The second-order valence-electron chi connectivity index (χ2n) is 6.43. The van der Waals surface area contributed by atoms with Crippen LogP contribution < -0.4 is 5.32 Å². The molecule has 1 heterocycles.